The molecule has 2 N–H and O–H groups in total. The summed E-state index contributed by atoms with van der Waals surface area (Å²) in [6.07, 6.45) is 8.02. The Bertz CT molecular complexity index is 779. The predicted octanol–water partition coefficient (Wildman–Crippen LogP) is 3.52. The average Bonchev–Trinajstić information content (AvgIpc) is 3.37. The van der Waals surface area contributed by atoms with Crippen LogP contribution in [-0.2, 0) is 11.3 Å². The quantitative estimate of drug-likeness (QED) is 0.374. The van der Waals surface area contributed by atoms with Crippen molar-refractivity contribution in [1.29, 1.82) is 0 Å². The first-order valence-corrected chi connectivity index (χ1v) is 9.59. The first-order valence-electron chi connectivity index (χ1n) is 9.21. The second kappa shape index (κ2) is 9.25. The van der Waals surface area contributed by atoms with Crippen LogP contribution in [0.5, 0.6) is 0 Å². The van der Waals surface area contributed by atoms with Crippen molar-refractivity contribution in [3.05, 3.63) is 47.2 Å². The molecule has 6 nitrogen and oxygen atoms in total. The van der Waals surface area contributed by atoms with Gasteiger partial charge in [-0.15, -0.1) is 24.0 Å². The lowest BCUT2D eigenvalue weighted by molar-refractivity contribution is 0.0992. The van der Waals surface area contributed by atoms with Gasteiger partial charge >= 0.3 is 0 Å². The third-order valence-corrected chi connectivity index (χ3v) is 5.17. The van der Waals surface area contributed by atoms with Crippen LogP contribution in [0.25, 0.3) is 5.69 Å². The summed E-state index contributed by atoms with van der Waals surface area (Å²) >= 11 is 5.94. The van der Waals surface area contributed by atoms with Gasteiger partial charge < -0.3 is 15.4 Å². The molecule has 4 rings (SSSR count). The summed E-state index contributed by atoms with van der Waals surface area (Å²) in [6.45, 7) is 3.48. The molecule has 0 spiro atoms. The number of hydrogen-bond acceptors (Lipinski definition) is 3. The lowest BCUT2D eigenvalue weighted by Crippen LogP contribution is -2.47. The van der Waals surface area contributed by atoms with Crippen molar-refractivity contribution in [1.82, 2.24) is 20.4 Å². The molecule has 2 aliphatic rings. The molecule has 1 aromatic heterocycles. The summed E-state index contributed by atoms with van der Waals surface area (Å²) < 4.78 is 7.76. The van der Waals surface area contributed by atoms with Gasteiger partial charge in [-0.05, 0) is 50.5 Å². The van der Waals surface area contributed by atoms with E-state index in [2.05, 4.69) is 22.7 Å². The van der Waals surface area contributed by atoms with Crippen LogP contribution in [-0.4, -0.2) is 40.5 Å². The molecule has 2 bridgehead atoms. The molecule has 8 heteroatoms. The van der Waals surface area contributed by atoms with E-state index in [1.54, 1.807) is 0 Å². The number of aromatic nitrogens is 2. The molecular weight excluding hydrogens is 477 g/mol. The molecule has 1 aromatic carbocycles. The Hall–Kier alpha value is -1.32. The SMILES string of the molecule is CCNC(=NCc1cnn(-c2ccc(Cl)cc2)c1)NC1CC2CCC1O2.I. The number of ether oxygens (including phenoxy) is 1. The summed E-state index contributed by atoms with van der Waals surface area (Å²) in [4.78, 5) is 4.72. The Kier molecular flexibility index (Phi) is 6.99. The van der Waals surface area contributed by atoms with Crippen molar-refractivity contribution in [3.8, 4) is 5.69 Å². The van der Waals surface area contributed by atoms with Crippen LogP contribution in [0.2, 0.25) is 5.02 Å². The zero-order valence-electron chi connectivity index (χ0n) is 15.3. The molecule has 2 fully saturated rings. The zero-order valence-corrected chi connectivity index (χ0v) is 18.4. The number of nitrogens with one attached hydrogen (secondary N) is 2. The van der Waals surface area contributed by atoms with Crippen molar-refractivity contribution in [2.24, 2.45) is 4.99 Å². The highest BCUT2D eigenvalue weighted by Crippen LogP contribution is 2.34. The number of benzene rings is 1. The van der Waals surface area contributed by atoms with Crippen molar-refractivity contribution < 1.29 is 4.74 Å². The van der Waals surface area contributed by atoms with Crippen LogP contribution in [0.3, 0.4) is 0 Å². The van der Waals surface area contributed by atoms with Gasteiger partial charge in [0.1, 0.15) is 0 Å². The molecule has 2 aliphatic heterocycles. The molecule has 146 valence electrons. The van der Waals surface area contributed by atoms with E-state index in [0.29, 0.717) is 24.8 Å². The van der Waals surface area contributed by atoms with Gasteiger partial charge in [0.15, 0.2) is 5.96 Å². The number of guanidine groups is 1. The van der Waals surface area contributed by atoms with Crippen LogP contribution in [0, 0.1) is 0 Å². The van der Waals surface area contributed by atoms with Gasteiger partial charge in [-0.2, -0.15) is 5.10 Å². The van der Waals surface area contributed by atoms with E-state index in [4.69, 9.17) is 21.3 Å². The highest BCUT2D eigenvalue weighted by Gasteiger charge is 2.41. The number of nitrogens with zero attached hydrogens (tertiary/aromatic N) is 3. The highest BCUT2D eigenvalue weighted by atomic mass is 127. The van der Waals surface area contributed by atoms with Gasteiger partial charge in [0.2, 0.25) is 0 Å². The molecule has 0 saturated carbocycles. The van der Waals surface area contributed by atoms with E-state index >= 15 is 0 Å². The maximum atomic E-state index is 5.94. The van der Waals surface area contributed by atoms with E-state index in [1.165, 1.54) is 6.42 Å². The summed E-state index contributed by atoms with van der Waals surface area (Å²) in [5.41, 5.74) is 2.04. The third-order valence-electron chi connectivity index (χ3n) is 4.92. The average molecular weight is 502 g/mol. The van der Waals surface area contributed by atoms with Gasteiger partial charge in [0, 0.05) is 23.3 Å². The smallest absolute Gasteiger partial charge is 0.191 e. The van der Waals surface area contributed by atoms with Gasteiger partial charge in [-0.1, -0.05) is 11.6 Å². The second-order valence-electron chi connectivity index (χ2n) is 6.83. The molecule has 2 saturated heterocycles. The Morgan fingerprint density at radius 3 is 2.81 bits per heavy atom. The first kappa shape index (κ1) is 20.4. The van der Waals surface area contributed by atoms with Crippen molar-refractivity contribution in [2.75, 3.05) is 6.54 Å². The number of rotatable bonds is 5. The van der Waals surface area contributed by atoms with E-state index in [-0.39, 0.29) is 24.0 Å². The molecule has 3 atom stereocenters. The number of halogens is 2. The summed E-state index contributed by atoms with van der Waals surface area (Å²) in [6, 6.07) is 7.98. The summed E-state index contributed by atoms with van der Waals surface area (Å²) in [7, 11) is 0. The first-order chi connectivity index (χ1) is 12.7. The molecule has 0 radical (unpaired) electrons. The topological polar surface area (TPSA) is 63.5 Å². The Labute approximate surface area is 181 Å². The monoisotopic (exact) mass is 501 g/mol. The molecule has 3 unspecified atom stereocenters. The maximum absolute atomic E-state index is 5.94. The minimum absolute atomic E-state index is 0. The highest BCUT2D eigenvalue weighted by molar-refractivity contribution is 14.0. The molecular formula is C19H25ClIN5O. The molecule has 2 aromatic rings. The molecule has 3 heterocycles. The third kappa shape index (κ3) is 4.94. The molecule has 27 heavy (non-hydrogen) atoms. The van der Waals surface area contributed by atoms with Gasteiger partial charge in [-0.3, -0.25) is 0 Å². The minimum Gasteiger partial charge on any atom is -0.373 e. The van der Waals surface area contributed by atoms with E-state index in [1.807, 2.05) is 41.3 Å². The van der Waals surface area contributed by atoms with Crippen LogP contribution >= 0.6 is 35.6 Å². The minimum atomic E-state index is 0. The van der Waals surface area contributed by atoms with Crippen molar-refractivity contribution in [2.45, 2.75) is 51.0 Å². The molecule has 0 aliphatic carbocycles. The number of hydrogen-bond donors (Lipinski definition) is 2. The second-order valence-corrected chi connectivity index (χ2v) is 7.26. The van der Waals surface area contributed by atoms with Gasteiger partial charge in [0.05, 0.1) is 36.7 Å². The largest absolute Gasteiger partial charge is 0.373 e. The Balaban J connectivity index is 0.00000210. The lowest BCUT2D eigenvalue weighted by atomic mass is 9.96. The van der Waals surface area contributed by atoms with Crippen molar-refractivity contribution >= 4 is 41.5 Å². The fourth-order valence-corrected chi connectivity index (χ4v) is 3.76. The normalized spacial score (nSPS) is 23.9. The van der Waals surface area contributed by atoms with Crippen LogP contribution in [0.4, 0.5) is 0 Å². The zero-order chi connectivity index (χ0) is 17.9. The van der Waals surface area contributed by atoms with Crippen molar-refractivity contribution in [3.63, 3.8) is 0 Å². The van der Waals surface area contributed by atoms with Crippen LogP contribution in [0.15, 0.2) is 41.7 Å². The predicted molar refractivity (Wildman–Crippen MR) is 118 cm³/mol. The molecule has 0 amide bonds. The fourth-order valence-electron chi connectivity index (χ4n) is 3.63. The van der Waals surface area contributed by atoms with E-state index < -0.39 is 0 Å². The summed E-state index contributed by atoms with van der Waals surface area (Å²) in [5.74, 6) is 0.841. The fraction of sp³-hybridized carbons (Fsp3) is 0.474. The maximum Gasteiger partial charge on any atom is 0.191 e. The Morgan fingerprint density at radius 1 is 1.33 bits per heavy atom. The van der Waals surface area contributed by atoms with E-state index in [0.717, 1.165) is 41.6 Å². The number of aliphatic imine (C=N–C) groups is 1. The Morgan fingerprint density at radius 2 is 2.15 bits per heavy atom. The summed E-state index contributed by atoms with van der Waals surface area (Å²) in [5, 5.41) is 12.0. The number of fused-ring (bicyclic) bond motifs is 2. The lowest BCUT2D eigenvalue weighted by Gasteiger charge is -2.22. The van der Waals surface area contributed by atoms with E-state index in [9.17, 15) is 0 Å². The van der Waals surface area contributed by atoms with Crippen LogP contribution in [0.1, 0.15) is 31.7 Å². The van der Waals surface area contributed by atoms with Gasteiger partial charge in [-0.25, -0.2) is 9.67 Å². The van der Waals surface area contributed by atoms with Gasteiger partial charge in [0.25, 0.3) is 0 Å². The standard InChI is InChI=1S/C19H24ClN5O.HI/c1-2-21-19(24-17-9-16-7-8-18(17)26-16)22-10-13-11-23-25(12-13)15-5-3-14(20)4-6-15;/h3-6,11-12,16-18H,2,7-10H2,1H3,(H2,21,22,24);1H. The van der Waals surface area contributed by atoms with Crippen LogP contribution < -0.4 is 10.6 Å².